The molecule has 3 heterocycles. The van der Waals surface area contributed by atoms with E-state index >= 15 is 0 Å². The van der Waals surface area contributed by atoms with Crippen molar-refractivity contribution in [3.8, 4) is 0 Å². The van der Waals surface area contributed by atoms with Gasteiger partial charge in [0.15, 0.2) is 0 Å². The first-order valence-corrected chi connectivity index (χ1v) is 9.74. The highest BCUT2D eigenvalue weighted by atomic mass is 16.3. The summed E-state index contributed by atoms with van der Waals surface area (Å²) in [6.07, 6.45) is 3.21. The van der Waals surface area contributed by atoms with Crippen LogP contribution in [-0.4, -0.2) is 49.0 Å². The van der Waals surface area contributed by atoms with Gasteiger partial charge < -0.3 is 24.9 Å². The van der Waals surface area contributed by atoms with Crippen LogP contribution >= 0.6 is 0 Å². The van der Waals surface area contributed by atoms with Crippen LogP contribution in [0.4, 0.5) is 17.1 Å². The Hall–Kier alpha value is -3.32. The fourth-order valence-corrected chi connectivity index (χ4v) is 3.29. The normalized spacial score (nSPS) is 14.6. The Balaban J connectivity index is 1.36. The molecule has 0 saturated carbocycles. The summed E-state index contributed by atoms with van der Waals surface area (Å²) in [6.45, 7) is 4.59. The molecular formula is C22H25N5O2. The van der Waals surface area contributed by atoms with Gasteiger partial charge in [-0.25, -0.2) is 0 Å². The molecule has 0 radical (unpaired) electrons. The predicted molar refractivity (Wildman–Crippen MR) is 114 cm³/mol. The van der Waals surface area contributed by atoms with Crippen LogP contribution in [0.1, 0.15) is 16.2 Å². The zero-order valence-corrected chi connectivity index (χ0v) is 16.5. The SMILES string of the molecule is CN1CCN(c2ccc(Nc3ccnc(C(=O)NCc4ccco4)c3)cc2)CC1. The van der Waals surface area contributed by atoms with E-state index in [9.17, 15) is 4.79 Å². The third-order valence-corrected chi connectivity index (χ3v) is 5.02. The molecule has 0 unspecified atom stereocenters. The number of pyridine rings is 1. The molecule has 1 fully saturated rings. The van der Waals surface area contributed by atoms with Crippen LogP contribution in [-0.2, 0) is 6.54 Å². The lowest BCUT2D eigenvalue weighted by atomic mass is 10.2. The molecule has 2 N–H and O–H groups in total. The first-order chi connectivity index (χ1) is 14.2. The lowest BCUT2D eigenvalue weighted by molar-refractivity contribution is 0.0943. The van der Waals surface area contributed by atoms with Gasteiger partial charge in [0.1, 0.15) is 11.5 Å². The Morgan fingerprint density at radius 3 is 2.59 bits per heavy atom. The summed E-state index contributed by atoms with van der Waals surface area (Å²) >= 11 is 0. The van der Waals surface area contributed by atoms with Gasteiger partial charge in [-0.05, 0) is 55.6 Å². The first-order valence-electron chi connectivity index (χ1n) is 9.74. The fraction of sp³-hybridized carbons (Fsp3) is 0.273. The zero-order chi connectivity index (χ0) is 20.1. The maximum absolute atomic E-state index is 12.3. The minimum absolute atomic E-state index is 0.240. The summed E-state index contributed by atoms with van der Waals surface area (Å²) in [5.41, 5.74) is 3.37. The van der Waals surface area contributed by atoms with Gasteiger partial charge in [-0.1, -0.05) is 0 Å². The molecule has 0 atom stereocenters. The molecule has 1 aliphatic rings. The van der Waals surface area contributed by atoms with Crippen LogP contribution in [0.5, 0.6) is 0 Å². The summed E-state index contributed by atoms with van der Waals surface area (Å²) in [6, 6.07) is 15.6. The molecule has 0 aliphatic carbocycles. The zero-order valence-electron chi connectivity index (χ0n) is 16.5. The summed E-state index contributed by atoms with van der Waals surface area (Å²) < 4.78 is 5.23. The van der Waals surface area contributed by atoms with Crippen LogP contribution in [0.25, 0.3) is 0 Å². The Morgan fingerprint density at radius 2 is 1.86 bits per heavy atom. The predicted octanol–water partition coefficient (Wildman–Crippen LogP) is 3.10. The highest BCUT2D eigenvalue weighted by Crippen LogP contribution is 2.22. The second kappa shape index (κ2) is 8.79. The molecule has 1 aromatic carbocycles. The van der Waals surface area contributed by atoms with Gasteiger partial charge in [0.25, 0.3) is 5.91 Å². The van der Waals surface area contributed by atoms with Gasteiger partial charge in [0.2, 0.25) is 0 Å². The van der Waals surface area contributed by atoms with E-state index in [1.807, 2.05) is 12.1 Å². The van der Waals surface area contributed by atoms with Crippen molar-refractivity contribution in [2.24, 2.45) is 0 Å². The number of amides is 1. The molecule has 7 nitrogen and oxygen atoms in total. The van der Waals surface area contributed by atoms with E-state index in [1.54, 1.807) is 24.6 Å². The number of nitrogens with one attached hydrogen (secondary N) is 2. The van der Waals surface area contributed by atoms with Crippen molar-refractivity contribution in [1.29, 1.82) is 0 Å². The number of piperazine rings is 1. The smallest absolute Gasteiger partial charge is 0.270 e. The quantitative estimate of drug-likeness (QED) is 0.673. The average Bonchev–Trinajstić information content (AvgIpc) is 3.27. The Labute approximate surface area is 170 Å². The Morgan fingerprint density at radius 1 is 1.07 bits per heavy atom. The van der Waals surface area contributed by atoms with E-state index in [-0.39, 0.29) is 5.91 Å². The van der Waals surface area contributed by atoms with Crippen LogP contribution in [0.15, 0.2) is 65.4 Å². The molecule has 2 aromatic heterocycles. The third kappa shape index (κ3) is 4.94. The van der Waals surface area contributed by atoms with Gasteiger partial charge in [-0.2, -0.15) is 0 Å². The van der Waals surface area contributed by atoms with E-state index < -0.39 is 0 Å². The molecule has 29 heavy (non-hydrogen) atoms. The van der Waals surface area contributed by atoms with E-state index in [1.165, 1.54) is 5.69 Å². The van der Waals surface area contributed by atoms with Crippen LogP contribution in [0, 0.1) is 0 Å². The molecule has 150 valence electrons. The standard InChI is InChI=1S/C22H25N5O2/c1-26-10-12-27(13-11-26)19-6-4-17(5-7-19)25-18-8-9-23-21(15-18)22(28)24-16-20-3-2-14-29-20/h2-9,14-15H,10-13,16H2,1H3,(H,23,25)(H,24,28). The number of aromatic nitrogens is 1. The molecule has 1 aliphatic heterocycles. The molecule has 0 bridgehead atoms. The molecule has 4 rings (SSSR count). The van der Waals surface area contributed by atoms with Gasteiger partial charge in [-0.15, -0.1) is 0 Å². The van der Waals surface area contributed by atoms with E-state index in [4.69, 9.17) is 4.42 Å². The number of hydrogen-bond donors (Lipinski definition) is 2. The number of carbonyl (C=O) groups is 1. The van der Waals surface area contributed by atoms with Crippen LogP contribution in [0.3, 0.4) is 0 Å². The van der Waals surface area contributed by atoms with Gasteiger partial charge in [0, 0.05) is 49.4 Å². The summed E-state index contributed by atoms with van der Waals surface area (Å²) in [5, 5.41) is 6.15. The van der Waals surface area contributed by atoms with E-state index in [0.29, 0.717) is 18.0 Å². The molecule has 1 amide bonds. The molecule has 1 saturated heterocycles. The number of benzene rings is 1. The minimum atomic E-state index is -0.240. The number of furan rings is 1. The van der Waals surface area contributed by atoms with E-state index in [0.717, 1.165) is 37.6 Å². The first kappa shape index (κ1) is 19.0. The third-order valence-electron chi connectivity index (χ3n) is 5.02. The number of rotatable bonds is 6. The lowest BCUT2D eigenvalue weighted by Crippen LogP contribution is -2.44. The van der Waals surface area contributed by atoms with Gasteiger partial charge >= 0.3 is 0 Å². The monoisotopic (exact) mass is 391 g/mol. The number of likely N-dealkylation sites (N-methyl/N-ethyl adjacent to an activating group) is 1. The molecule has 3 aromatic rings. The summed E-state index contributed by atoms with van der Waals surface area (Å²) in [7, 11) is 2.16. The van der Waals surface area contributed by atoms with Gasteiger partial charge in [0.05, 0.1) is 12.8 Å². The van der Waals surface area contributed by atoms with Crippen molar-refractivity contribution < 1.29 is 9.21 Å². The maximum Gasteiger partial charge on any atom is 0.270 e. The van der Waals surface area contributed by atoms with Crippen molar-refractivity contribution in [3.05, 3.63) is 72.4 Å². The average molecular weight is 391 g/mol. The van der Waals surface area contributed by atoms with Crippen LogP contribution < -0.4 is 15.5 Å². The molecular weight excluding hydrogens is 366 g/mol. The van der Waals surface area contributed by atoms with Crippen molar-refractivity contribution in [2.45, 2.75) is 6.54 Å². The highest BCUT2D eigenvalue weighted by Gasteiger charge is 2.14. The summed E-state index contributed by atoms with van der Waals surface area (Å²) in [5.74, 6) is 0.462. The number of anilines is 3. The second-order valence-corrected chi connectivity index (χ2v) is 7.15. The van der Waals surface area contributed by atoms with Crippen LogP contribution in [0.2, 0.25) is 0 Å². The van der Waals surface area contributed by atoms with Crippen molar-refractivity contribution in [3.63, 3.8) is 0 Å². The minimum Gasteiger partial charge on any atom is -0.467 e. The second-order valence-electron chi connectivity index (χ2n) is 7.15. The highest BCUT2D eigenvalue weighted by molar-refractivity contribution is 5.93. The van der Waals surface area contributed by atoms with Crippen molar-refractivity contribution in [1.82, 2.24) is 15.2 Å². The topological polar surface area (TPSA) is 73.6 Å². The Bertz CT molecular complexity index is 932. The number of hydrogen-bond acceptors (Lipinski definition) is 6. The van der Waals surface area contributed by atoms with E-state index in [2.05, 4.69) is 56.7 Å². The van der Waals surface area contributed by atoms with Crippen molar-refractivity contribution >= 4 is 23.0 Å². The Kier molecular flexibility index (Phi) is 5.76. The summed E-state index contributed by atoms with van der Waals surface area (Å²) in [4.78, 5) is 21.3. The molecule has 0 spiro atoms. The maximum atomic E-state index is 12.3. The number of carbonyl (C=O) groups excluding carboxylic acids is 1. The molecule has 7 heteroatoms. The fourth-order valence-electron chi connectivity index (χ4n) is 3.29. The number of nitrogens with zero attached hydrogens (tertiary/aromatic N) is 3. The van der Waals surface area contributed by atoms with Crippen molar-refractivity contribution in [2.75, 3.05) is 43.4 Å². The lowest BCUT2D eigenvalue weighted by Gasteiger charge is -2.34. The largest absolute Gasteiger partial charge is 0.467 e. The van der Waals surface area contributed by atoms with Gasteiger partial charge in [-0.3, -0.25) is 9.78 Å².